The van der Waals surface area contributed by atoms with Gasteiger partial charge in [0.05, 0.1) is 12.2 Å². The summed E-state index contributed by atoms with van der Waals surface area (Å²) in [5.74, 6) is 1.49. The third kappa shape index (κ3) is 4.16. The number of rotatable bonds is 5. The molecule has 0 bridgehead atoms. The SMILES string of the molecule is CNCC1CCC(N2CCC(n3cc(C(C)C)cn3)CC2)CC1. The van der Waals surface area contributed by atoms with E-state index in [2.05, 4.69) is 53.3 Å². The van der Waals surface area contributed by atoms with E-state index in [9.17, 15) is 0 Å². The summed E-state index contributed by atoms with van der Waals surface area (Å²) in [4.78, 5) is 2.76. The first-order valence-corrected chi connectivity index (χ1v) is 9.60. The average Bonchev–Trinajstić information content (AvgIpc) is 3.06. The Morgan fingerprint density at radius 3 is 2.35 bits per heavy atom. The van der Waals surface area contributed by atoms with E-state index in [1.165, 1.54) is 63.7 Å². The van der Waals surface area contributed by atoms with Crippen molar-refractivity contribution in [2.24, 2.45) is 5.92 Å². The van der Waals surface area contributed by atoms with Crippen molar-refractivity contribution in [3.8, 4) is 0 Å². The molecule has 3 rings (SSSR count). The Bertz CT molecular complexity index is 465. The molecule has 0 amide bonds. The van der Waals surface area contributed by atoms with Gasteiger partial charge in [-0.3, -0.25) is 4.68 Å². The summed E-state index contributed by atoms with van der Waals surface area (Å²) in [6, 6.07) is 1.45. The Balaban J connectivity index is 1.47. The molecule has 0 atom stereocenters. The zero-order valence-corrected chi connectivity index (χ0v) is 15.2. The van der Waals surface area contributed by atoms with Crippen LogP contribution in [0, 0.1) is 5.92 Å². The molecule has 0 aromatic carbocycles. The second-order valence-electron chi connectivity index (χ2n) is 7.91. The molecule has 1 saturated carbocycles. The maximum absolute atomic E-state index is 4.62. The molecule has 4 nitrogen and oxygen atoms in total. The Hall–Kier alpha value is -0.870. The van der Waals surface area contributed by atoms with Crippen LogP contribution in [0.4, 0.5) is 0 Å². The van der Waals surface area contributed by atoms with Gasteiger partial charge in [0.15, 0.2) is 0 Å². The number of nitrogens with one attached hydrogen (secondary N) is 1. The van der Waals surface area contributed by atoms with Gasteiger partial charge in [-0.1, -0.05) is 13.8 Å². The maximum atomic E-state index is 4.62. The second kappa shape index (κ2) is 7.80. The predicted octanol–water partition coefficient (Wildman–Crippen LogP) is 3.42. The van der Waals surface area contributed by atoms with Crippen LogP contribution in [0.3, 0.4) is 0 Å². The Labute approximate surface area is 141 Å². The fourth-order valence-corrected chi connectivity index (χ4v) is 4.37. The summed E-state index contributed by atoms with van der Waals surface area (Å²) in [5, 5.41) is 7.96. The molecule has 1 saturated heterocycles. The lowest BCUT2D eigenvalue weighted by atomic mass is 9.84. The van der Waals surface area contributed by atoms with E-state index in [0.29, 0.717) is 12.0 Å². The Morgan fingerprint density at radius 1 is 1.09 bits per heavy atom. The molecule has 4 heteroatoms. The summed E-state index contributed by atoms with van der Waals surface area (Å²) in [5.41, 5.74) is 1.37. The summed E-state index contributed by atoms with van der Waals surface area (Å²) in [6.07, 6.45) is 12.5. The number of aromatic nitrogens is 2. The lowest BCUT2D eigenvalue weighted by Crippen LogP contribution is -2.44. The van der Waals surface area contributed by atoms with Crippen molar-refractivity contribution in [2.45, 2.75) is 70.4 Å². The van der Waals surface area contributed by atoms with Crippen molar-refractivity contribution in [2.75, 3.05) is 26.7 Å². The van der Waals surface area contributed by atoms with E-state index >= 15 is 0 Å². The molecule has 0 spiro atoms. The fraction of sp³-hybridized carbons (Fsp3) is 0.842. The molecule has 2 heterocycles. The molecule has 1 N–H and O–H groups in total. The topological polar surface area (TPSA) is 33.1 Å². The van der Waals surface area contributed by atoms with Crippen molar-refractivity contribution in [3.63, 3.8) is 0 Å². The molecule has 2 fully saturated rings. The Kier molecular flexibility index (Phi) is 5.76. The van der Waals surface area contributed by atoms with Crippen LogP contribution in [0.25, 0.3) is 0 Å². The summed E-state index contributed by atoms with van der Waals surface area (Å²) >= 11 is 0. The smallest absolute Gasteiger partial charge is 0.0543 e. The summed E-state index contributed by atoms with van der Waals surface area (Å²) in [6.45, 7) is 8.20. The second-order valence-corrected chi connectivity index (χ2v) is 7.91. The maximum Gasteiger partial charge on any atom is 0.0543 e. The van der Waals surface area contributed by atoms with Gasteiger partial charge >= 0.3 is 0 Å². The number of hydrogen-bond acceptors (Lipinski definition) is 3. The molecule has 1 aliphatic heterocycles. The zero-order valence-electron chi connectivity index (χ0n) is 15.2. The molecule has 0 radical (unpaired) electrons. The van der Waals surface area contributed by atoms with Crippen molar-refractivity contribution in [1.82, 2.24) is 20.0 Å². The minimum absolute atomic E-state index is 0.580. The van der Waals surface area contributed by atoms with Gasteiger partial charge in [-0.2, -0.15) is 5.10 Å². The number of piperidine rings is 1. The molecule has 1 aromatic heterocycles. The number of likely N-dealkylation sites (tertiary alicyclic amines) is 1. The van der Waals surface area contributed by atoms with E-state index in [0.717, 1.165) is 12.0 Å². The lowest BCUT2D eigenvalue weighted by Gasteiger charge is -2.40. The highest BCUT2D eigenvalue weighted by Crippen LogP contribution is 2.31. The standard InChI is InChI=1S/C19H34N4/c1-15(2)17-13-21-23(14-17)19-8-10-22(11-9-19)18-6-4-16(5-7-18)12-20-3/h13-16,18-20H,4-12H2,1-3H3. The largest absolute Gasteiger partial charge is 0.319 e. The van der Waals surface area contributed by atoms with Gasteiger partial charge in [-0.15, -0.1) is 0 Å². The summed E-state index contributed by atoms with van der Waals surface area (Å²) in [7, 11) is 2.08. The lowest BCUT2D eigenvalue weighted by molar-refractivity contribution is 0.0939. The molecule has 130 valence electrons. The quantitative estimate of drug-likeness (QED) is 0.903. The van der Waals surface area contributed by atoms with Crippen LogP contribution in [0.1, 0.15) is 69.9 Å². The highest BCUT2D eigenvalue weighted by atomic mass is 15.3. The molecular weight excluding hydrogens is 284 g/mol. The zero-order chi connectivity index (χ0) is 16.2. The van der Waals surface area contributed by atoms with Crippen molar-refractivity contribution in [1.29, 1.82) is 0 Å². The van der Waals surface area contributed by atoms with E-state index in [1.54, 1.807) is 0 Å². The highest BCUT2D eigenvalue weighted by Gasteiger charge is 2.29. The van der Waals surface area contributed by atoms with E-state index in [4.69, 9.17) is 0 Å². The first-order valence-electron chi connectivity index (χ1n) is 9.60. The van der Waals surface area contributed by atoms with Crippen LogP contribution < -0.4 is 5.32 Å². The Morgan fingerprint density at radius 2 is 1.78 bits per heavy atom. The van der Waals surface area contributed by atoms with Crippen molar-refractivity contribution < 1.29 is 0 Å². The van der Waals surface area contributed by atoms with Crippen molar-refractivity contribution >= 4 is 0 Å². The minimum atomic E-state index is 0.580. The molecule has 1 aromatic rings. The van der Waals surface area contributed by atoms with Crippen molar-refractivity contribution in [3.05, 3.63) is 18.0 Å². The molecule has 1 aliphatic carbocycles. The highest BCUT2D eigenvalue weighted by molar-refractivity contribution is 5.09. The fourth-order valence-electron chi connectivity index (χ4n) is 4.37. The predicted molar refractivity (Wildman–Crippen MR) is 95.8 cm³/mol. The van der Waals surface area contributed by atoms with Gasteiger partial charge in [0.1, 0.15) is 0 Å². The van der Waals surface area contributed by atoms with Crippen LogP contribution >= 0.6 is 0 Å². The van der Waals surface area contributed by atoms with E-state index < -0.39 is 0 Å². The normalized spacial score (nSPS) is 27.7. The molecule has 0 unspecified atom stereocenters. The van der Waals surface area contributed by atoms with Crippen LogP contribution in [-0.4, -0.2) is 47.4 Å². The number of hydrogen-bond donors (Lipinski definition) is 1. The summed E-state index contributed by atoms with van der Waals surface area (Å²) < 4.78 is 2.23. The van der Waals surface area contributed by atoms with Gasteiger partial charge in [-0.25, -0.2) is 0 Å². The monoisotopic (exact) mass is 318 g/mol. The van der Waals surface area contributed by atoms with Gasteiger partial charge < -0.3 is 10.2 Å². The first kappa shape index (κ1) is 17.0. The van der Waals surface area contributed by atoms with E-state index in [1.807, 2.05) is 0 Å². The molecular formula is C19H34N4. The third-order valence-corrected chi connectivity index (χ3v) is 5.99. The third-order valence-electron chi connectivity index (χ3n) is 5.99. The van der Waals surface area contributed by atoms with Gasteiger partial charge in [0.2, 0.25) is 0 Å². The van der Waals surface area contributed by atoms with Crippen LogP contribution in [0.5, 0.6) is 0 Å². The molecule has 23 heavy (non-hydrogen) atoms. The first-order chi connectivity index (χ1) is 11.2. The van der Waals surface area contributed by atoms with Gasteiger partial charge in [0.25, 0.3) is 0 Å². The van der Waals surface area contributed by atoms with Crippen LogP contribution in [-0.2, 0) is 0 Å². The van der Waals surface area contributed by atoms with E-state index in [-0.39, 0.29) is 0 Å². The van der Waals surface area contributed by atoms with Gasteiger partial charge in [-0.05, 0) is 69.5 Å². The van der Waals surface area contributed by atoms with Crippen LogP contribution in [0.2, 0.25) is 0 Å². The van der Waals surface area contributed by atoms with Gasteiger partial charge in [0, 0.05) is 25.3 Å². The minimum Gasteiger partial charge on any atom is -0.319 e. The molecule has 2 aliphatic rings. The average molecular weight is 319 g/mol. The number of nitrogens with zero attached hydrogens (tertiary/aromatic N) is 3. The van der Waals surface area contributed by atoms with Crippen LogP contribution in [0.15, 0.2) is 12.4 Å².